The van der Waals surface area contributed by atoms with Crippen molar-refractivity contribution in [2.45, 2.75) is 38.4 Å². The van der Waals surface area contributed by atoms with E-state index in [-0.39, 0.29) is 55.7 Å². The number of carbonyl (C=O) groups is 3. The van der Waals surface area contributed by atoms with Gasteiger partial charge < -0.3 is 58.6 Å². The number of hydrogen-bond donors (Lipinski definition) is 3. The summed E-state index contributed by atoms with van der Waals surface area (Å²) in [5, 5.41) is 9.46. The highest BCUT2D eigenvalue weighted by Gasteiger charge is 2.37. The lowest BCUT2D eigenvalue weighted by Gasteiger charge is -2.30. The van der Waals surface area contributed by atoms with E-state index in [0.717, 1.165) is 53.2 Å². The minimum atomic E-state index is -0.890. The van der Waals surface area contributed by atoms with Gasteiger partial charge in [-0.05, 0) is 67.1 Å². The van der Waals surface area contributed by atoms with Gasteiger partial charge in [0.05, 0.1) is 48.4 Å². The van der Waals surface area contributed by atoms with Crippen LogP contribution in [0.5, 0.6) is 11.5 Å². The number of nitrogens with one attached hydrogen (secondary N) is 3. The number of likely N-dealkylation sites (tertiary alicyclic amines) is 1. The molecule has 2 aliphatic heterocycles. The van der Waals surface area contributed by atoms with E-state index in [4.69, 9.17) is 37.4 Å². The van der Waals surface area contributed by atoms with Crippen LogP contribution in [-0.4, -0.2) is 68.0 Å². The average Bonchev–Trinajstić information content (AvgIpc) is 3.60. The van der Waals surface area contributed by atoms with Crippen LogP contribution in [0.4, 0.5) is 10.5 Å². The van der Waals surface area contributed by atoms with E-state index in [2.05, 4.69) is 23.0 Å². The minimum Gasteiger partial charge on any atom is -1.00 e. The lowest BCUT2D eigenvalue weighted by molar-refractivity contribution is -0.911. The van der Waals surface area contributed by atoms with E-state index in [1.54, 1.807) is 49.4 Å². The third-order valence-corrected chi connectivity index (χ3v) is 8.46. The SMILES string of the molecule is CCOC(=O)c1ccc(NC(=O)N[C@@H](Cc2ccc(Cl)c(Cl)c2)C(=O)N[C@H]2CC[N+](C)(Cc3ccc4c(c3)OCO4)C2)cc1.[I-]. The molecule has 0 aliphatic carbocycles. The molecule has 3 aromatic rings. The molecule has 1 saturated heterocycles. The molecule has 3 aromatic carbocycles. The molecule has 13 heteroatoms. The van der Waals surface area contributed by atoms with Gasteiger partial charge in [0, 0.05) is 24.1 Å². The number of halogens is 3. The molecule has 1 fully saturated rings. The molecule has 5 rings (SSSR count). The molecule has 2 aliphatic rings. The van der Waals surface area contributed by atoms with Crippen LogP contribution in [0.15, 0.2) is 60.7 Å². The first-order chi connectivity index (χ1) is 21.1. The van der Waals surface area contributed by atoms with Gasteiger partial charge in [-0.2, -0.15) is 0 Å². The monoisotopic (exact) mass is 768 g/mol. The molecule has 45 heavy (non-hydrogen) atoms. The van der Waals surface area contributed by atoms with Crippen molar-refractivity contribution >= 4 is 46.8 Å². The Morgan fingerprint density at radius 1 is 0.978 bits per heavy atom. The predicted molar refractivity (Wildman–Crippen MR) is 167 cm³/mol. The number of ether oxygens (including phenoxy) is 3. The van der Waals surface area contributed by atoms with E-state index >= 15 is 0 Å². The van der Waals surface area contributed by atoms with Crippen LogP contribution in [0, 0.1) is 0 Å². The molecule has 2 heterocycles. The highest BCUT2D eigenvalue weighted by atomic mass is 127. The predicted octanol–water partition coefficient (Wildman–Crippen LogP) is 2.17. The highest BCUT2D eigenvalue weighted by molar-refractivity contribution is 6.42. The zero-order valence-corrected chi connectivity index (χ0v) is 28.6. The fourth-order valence-electron chi connectivity index (χ4n) is 5.57. The van der Waals surface area contributed by atoms with Crippen molar-refractivity contribution in [2.75, 3.05) is 38.9 Å². The number of anilines is 1. The quantitative estimate of drug-likeness (QED) is 0.166. The van der Waals surface area contributed by atoms with Crippen LogP contribution in [0.25, 0.3) is 0 Å². The Morgan fingerprint density at radius 3 is 2.44 bits per heavy atom. The standard InChI is InChI=1S/C32H34Cl2N4O6.HI/c1-3-42-31(40)22-6-8-23(9-7-22)36-32(41)37-27(15-20-4-10-25(33)26(34)14-20)30(39)35-24-12-13-38(2,18-24)17-21-5-11-28-29(16-21)44-19-43-28;/h4-11,14,16,24,27H,3,12-13,15,17-19H2,1-2H3,(H2-,35,36,37,39,40,41);1H/t24-,27-,38?;/m0./s1. The Morgan fingerprint density at radius 2 is 1.71 bits per heavy atom. The van der Waals surface area contributed by atoms with Crippen LogP contribution in [-0.2, 0) is 22.5 Å². The van der Waals surface area contributed by atoms with Gasteiger partial charge in [0.25, 0.3) is 0 Å². The Hall–Kier alpha value is -3.26. The summed E-state index contributed by atoms with van der Waals surface area (Å²) in [5.74, 6) is 0.758. The maximum Gasteiger partial charge on any atom is 0.338 e. The van der Waals surface area contributed by atoms with Crippen LogP contribution in [0.3, 0.4) is 0 Å². The number of urea groups is 1. The first kappa shape index (κ1) is 34.6. The molecule has 1 unspecified atom stereocenters. The van der Waals surface area contributed by atoms with Gasteiger partial charge in [-0.15, -0.1) is 0 Å². The summed E-state index contributed by atoms with van der Waals surface area (Å²) in [5.41, 5.74) is 2.70. The van der Waals surface area contributed by atoms with Crippen molar-refractivity contribution in [3.8, 4) is 11.5 Å². The number of carbonyl (C=O) groups excluding carboxylic acids is 3. The zero-order valence-electron chi connectivity index (χ0n) is 24.9. The van der Waals surface area contributed by atoms with E-state index in [1.807, 2.05) is 18.2 Å². The van der Waals surface area contributed by atoms with Gasteiger partial charge in [-0.1, -0.05) is 29.3 Å². The molecular formula is C32H35Cl2IN4O6. The van der Waals surface area contributed by atoms with E-state index in [9.17, 15) is 14.4 Å². The number of fused-ring (bicyclic) bond motifs is 1. The second-order valence-electron chi connectivity index (χ2n) is 11.3. The van der Waals surface area contributed by atoms with Crippen LogP contribution in [0.2, 0.25) is 10.0 Å². The Bertz CT molecular complexity index is 1540. The lowest BCUT2D eigenvalue weighted by Crippen LogP contribution is -3.00. The molecule has 3 N–H and O–H groups in total. The van der Waals surface area contributed by atoms with Crippen molar-refractivity contribution in [1.82, 2.24) is 10.6 Å². The summed E-state index contributed by atoms with van der Waals surface area (Å²) < 4.78 is 16.7. The maximum atomic E-state index is 13.6. The number of benzene rings is 3. The molecule has 240 valence electrons. The molecule has 10 nitrogen and oxygen atoms in total. The molecule has 0 bridgehead atoms. The summed E-state index contributed by atoms with van der Waals surface area (Å²) in [6, 6.07) is 15.9. The third-order valence-electron chi connectivity index (χ3n) is 7.73. The molecule has 0 aromatic heterocycles. The summed E-state index contributed by atoms with van der Waals surface area (Å²) >= 11 is 12.3. The van der Waals surface area contributed by atoms with E-state index in [1.165, 1.54) is 0 Å². The molecule has 3 amide bonds. The van der Waals surface area contributed by atoms with Crippen LogP contribution >= 0.6 is 23.2 Å². The van der Waals surface area contributed by atoms with Gasteiger partial charge in [0.15, 0.2) is 11.5 Å². The third kappa shape index (κ3) is 9.15. The second kappa shape index (κ2) is 15.4. The van der Waals surface area contributed by atoms with Gasteiger partial charge in [-0.3, -0.25) is 4.79 Å². The summed E-state index contributed by atoms with van der Waals surface area (Å²) in [6.07, 6.45) is 0.999. The summed E-state index contributed by atoms with van der Waals surface area (Å²) in [4.78, 5) is 38.6. The Labute approximate surface area is 289 Å². The van der Waals surface area contributed by atoms with E-state index < -0.39 is 18.0 Å². The molecular weight excluding hydrogens is 734 g/mol. The largest absolute Gasteiger partial charge is 1.00 e. The van der Waals surface area contributed by atoms with Crippen molar-refractivity contribution in [2.24, 2.45) is 0 Å². The molecule has 0 saturated carbocycles. The smallest absolute Gasteiger partial charge is 0.338 e. The fraction of sp³-hybridized carbons (Fsp3) is 0.344. The van der Waals surface area contributed by atoms with Crippen LogP contribution in [0.1, 0.15) is 34.8 Å². The van der Waals surface area contributed by atoms with Crippen molar-refractivity contribution in [3.63, 3.8) is 0 Å². The first-order valence-electron chi connectivity index (χ1n) is 14.4. The number of likely N-dealkylation sites (N-methyl/N-ethyl adjacent to an activating group) is 1. The second-order valence-corrected chi connectivity index (χ2v) is 12.1. The van der Waals surface area contributed by atoms with E-state index in [0.29, 0.717) is 21.3 Å². The summed E-state index contributed by atoms with van der Waals surface area (Å²) in [7, 11) is 2.17. The van der Waals surface area contributed by atoms with Crippen molar-refractivity contribution in [1.29, 1.82) is 0 Å². The average molecular weight is 769 g/mol. The molecule has 0 radical (unpaired) electrons. The highest BCUT2D eigenvalue weighted by Crippen LogP contribution is 2.34. The first-order valence-corrected chi connectivity index (χ1v) is 15.2. The lowest BCUT2D eigenvalue weighted by atomic mass is 10.0. The Kier molecular flexibility index (Phi) is 11.8. The minimum absolute atomic E-state index is 0. The van der Waals surface area contributed by atoms with Gasteiger partial charge >= 0.3 is 12.0 Å². The Balaban J connectivity index is 0.00000461. The van der Waals surface area contributed by atoms with Gasteiger partial charge in [0.2, 0.25) is 12.7 Å². The van der Waals surface area contributed by atoms with Gasteiger partial charge in [0.1, 0.15) is 12.6 Å². The normalized spacial score (nSPS) is 18.8. The fourth-order valence-corrected chi connectivity index (χ4v) is 5.89. The van der Waals surface area contributed by atoms with Gasteiger partial charge in [-0.25, -0.2) is 9.59 Å². The molecule has 0 spiro atoms. The number of esters is 1. The number of amides is 3. The van der Waals surface area contributed by atoms with Crippen LogP contribution < -0.4 is 49.4 Å². The number of hydrogen-bond acceptors (Lipinski definition) is 6. The van der Waals surface area contributed by atoms with Crippen molar-refractivity contribution in [3.05, 3.63) is 87.4 Å². The number of nitrogens with zero attached hydrogens (tertiary/aromatic N) is 1. The topological polar surface area (TPSA) is 115 Å². The number of rotatable bonds is 10. The molecule has 3 atom stereocenters. The maximum absolute atomic E-state index is 13.6. The zero-order chi connectivity index (χ0) is 31.3. The number of quaternary nitrogens is 1. The van der Waals surface area contributed by atoms with Crippen molar-refractivity contribution < 1.29 is 57.1 Å². The summed E-state index contributed by atoms with van der Waals surface area (Å²) in [6.45, 7) is 4.63.